The van der Waals surface area contributed by atoms with Gasteiger partial charge in [0.15, 0.2) is 0 Å². The first-order valence-corrected chi connectivity index (χ1v) is 11.7. The zero-order valence-corrected chi connectivity index (χ0v) is 18.6. The van der Waals surface area contributed by atoms with E-state index in [0.717, 1.165) is 19.3 Å². The molecule has 0 fully saturated rings. The van der Waals surface area contributed by atoms with Gasteiger partial charge in [0.25, 0.3) is 5.91 Å². The molecule has 1 unspecified atom stereocenters. The lowest BCUT2D eigenvalue weighted by molar-refractivity contribution is 0.0950. The molecule has 0 radical (unpaired) electrons. The number of aryl methyl sites for hydroxylation is 1. The molecule has 2 aromatic carbocycles. The lowest BCUT2D eigenvalue weighted by Crippen LogP contribution is -2.33. The molecular formula is C22H27ClN2O3S. The summed E-state index contributed by atoms with van der Waals surface area (Å²) in [5.41, 5.74) is 2.79. The van der Waals surface area contributed by atoms with Crippen LogP contribution >= 0.6 is 11.6 Å². The Balaban J connectivity index is 1.78. The molecule has 7 heteroatoms. The first-order valence-electron chi connectivity index (χ1n) is 9.85. The second kappa shape index (κ2) is 8.86. The zero-order valence-electron chi connectivity index (χ0n) is 17.0. The van der Waals surface area contributed by atoms with Crippen molar-refractivity contribution < 1.29 is 13.2 Å². The van der Waals surface area contributed by atoms with Gasteiger partial charge in [-0.15, -0.1) is 0 Å². The van der Waals surface area contributed by atoms with Crippen molar-refractivity contribution in [1.82, 2.24) is 9.62 Å². The van der Waals surface area contributed by atoms with Crippen molar-refractivity contribution in [2.45, 2.75) is 50.0 Å². The number of benzene rings is 2. The molecular weight excluding hydrogens is 408 g/mol. The SMILES string of the molecule is CC(C)N(C)S(=O)(=O)c1ccc(Cl)c(C(=O)NCC2CCCc3ccccc32)c1. The molecule has 0 saturated carbocycles. The Morgan fingerprint density at radius 1 is 1.24 bits per heavy atom. The molecule has 0 spiro atoms. The molecule has 0 aliphatic heterocycles. The van der Waals surface area contributed by atoms with E-state index in [2.05, 4.69) is 17.4 Å². The summed E-state index contributed by atoms with van der Waals surface area (Å²) in [6.45, 7) is 4.08. The third-order valence-corrected chi connectivity index (χ3v) is 7.95. The Hall–Kier alpha value is -1.89. The molecule has 5 nitrogen and oxygen atoms in total. The largest absolute Gasteiger partial charge is 0.351 e. The Bertz CT molecular complexity index is 1000. The second-order valence-electron chi connectivity index (χ2n) is 7.75. The monoisotopic (exact) mass is 434 g/mol. The lowest BCUT2D eigenvalue weighted by atomic mass is 9.83. The number of hydrogen-bond donors (Lipinski definition) is 1. The quantitative estimate of drug-likeness (QED) is 0.740. The van der Waals surface area contributed by atoms with Gasteiger partial charge in [-0.05, 0) is 62.4 Å². The lowest BCUT2D eigenvalue weighted by Gasteiger charge is -2.25. The summed E-state index contributed by atoms with van der Waals surface area (Å²) >= 11 is 6.22. The number of halogens is 1. The van der Waals surface area contributed by atoms with Crippen molar-refractivity contribution in [1.29, 1.82) is 0 Å². The number of nitrogens with one attached hydrogen (secondary N) is 1. The van der Waals surface area contributed by atoms with Crippen molar-refractivity contribution in [3.8, 4) is 0 Å². The highest BCUT2D eigenvalue weighted by molar-refractivity contribution is 7.89. The molecule has 0 saturated heterocycles. The average Bonchev–Trinajstić information content (AvgIpc) is 2.71. The van der Waals surface area contributed by atoms with E-state index >= 15 is 0 Å². The molecule has 0 aromatic heterocycles. The minimum absolute atomic E-state index is 0.0614. The number of carbonyl (C=O) groups is 1. The standard InChI is InChI=1S/C22H27ClN2O3S/c1-15(2)25(3)29(27,28)18-11-12-21(23)20(13-18)22(26)24-14-17-9-6-8-16-7-4-5-10-19(16)17/h4-5,7,10-13,15,17H,6,8-9,14H2,1-3H3,(H,24,26). The highest BCUT2D eigenvalue weighted by Gasteiger charge is 2.26. The van der Waals surface area contributed by atoms with Crippen LogP contribution < -0.4 is 5.32 Å². The number of hydrogen-bond acceptors (Lipinski definition) is 3. The van der Waals surface area contributed by atoms with Crippen LogP contribution in [0.25, 0.3) is 0 Å². The summed E-state index contributed by atoms with van der Waals surface area (Å²) in [4.78, 5) is 12.9. The fourth-order valence-electron chi connectivity index (χ4n) is 3.66. The fraction of sp³-hybridized carbons (Fsp3) is 0.409. The van der Waals surface area contributed by atoms with E-state index in [9.17, 15) is 13.2 Å². The van der Waals surface area contributed by atoms with Crippen LogP contribution in [-0.2, 0) is 16.4 Å². The zero-order chi connectivity index (χ0) is 21.2. The highest BCUT2D eigenvalue weighted by Crippen LogP contribution is 2.31. The summed E-state index contributed by atoms with van der Waals surface area (Å²) < 4.78 is 26.8. The summed E-state index contributed by atoms with van der Waals surface area (Å²) in [6.07, 6.45) is 3.17. The van der Waals surface area contributed by atoms with Gasteiger partial charge in [-0.2, -0.15) is 4.31 Å². The Labute approximate surface area is 178 Å². The first-order chi connectivity index (χ1) is 13.7. The van der Waals surface area contributed by atoms with Crippen LogP contribution in [0.3, 0.4) is 0 Å². The molecule has 1 atom stereocenters. The van der Waals surface area contributed by atoms with Crippen molar-refractivity contribution in [3.05, 3.63) is 64.2 Å². The summed E-state index contributed by atoms with van der Waals surface area (Å²) in [7, 11) is -2.17. The molecule has 3 rings (SSSR count). The highest BCUT2D eigenvalue weighted by atomic mass is 35.5. The molecule has 1 N–H and O–H groups in total. The van der Waals surface area contributed by atoms with Crippen molar-refractivity contribution in [2.75, 3.05) is 13.6 Å². The molecule has 29 heavy (non-hydrogen) atoms. The first kappa shape index (κ1) is 21.8. The van der Waals surface area contributed by atoms with Gasteiger partial charge in [-0.1, -0.05) is 35.9 Å². The van der Waals surface area contributed by atoms with Crippen LogP contribution in [-0.4, -0.2) is 38.3 Å². The molecule has 1 aliphatic carbocycles. The van der Waals surface area contributed by atoms with E-state index in [-0.39, 0.29) is 33.3 Å². The predicted molar refractivity (Wildman–Crippen MR) is 116 cm³/mol. The molecule has 2 aromatic rings. The molecule has 156 valence electrons. The summed E-state index contributed by atoms with van der Waals surface area (Å²) in [5, 5.41) is 3.18. The van der Waals surface area contributed by atoms with Crippen LogP contribution in [0.2, 0.25) is 5.02 Å². The third kappa shape index (κ3) is 4.65. The number of nitrogens with zero attached hydrogens (tertiary/aromatic N) is 1. The van der Waals surface area contributed by atoms with Crippen LogP contribution in [0.5, 0.6) is 0 Å². The van der Waals surface area contributed by atoms with Gasteiger partial charge in [0.05, 0.1) is 15.5 Å². The Morgan fingerprint density at radius 2 is 1.97 bits per heavy atom. The number of sulfonamides is 1. The van der Waals surface area contributed by atoms with Crippen LogP contribution in [0.15, 0.2) is 47.4 Å². The minimum atomic E-state index is -3.69. The molecule has 0 bridgehead atoms. The van der Waals surface area contributed by atoms with Gasteiger partial charge >= 0.3 is 0 Å². The van der Waals surface area contributed by atoms with E-state index in [1.54, 1.807) is 13.8 Å². The second-order valence-corrected chi connectivity index (χ2v) is 10.2. The fourth-order valence-corrected chi connectivity index (χ4v) is 5.26. The number of amides is 1. The summed E-state index contributed by atoms with van der Waals surface area (Å²) in [5.74, 6) is -0.107. The van der Waals surface area contributed by atoms with E-state index in [0.29, 0.717) is 6.54 Å². The summed E-state index contributed by atoms with van der Waals surface area (Å²) in [6, 6.07) is 12.4. The maximum Gasteiger partial charge on any atom is 0.252 e. The maximum atomic E-state index is 12.8. The molecule has 1 amide bonds. The Morgan fingerprint density at radius 3 is 2.69 bits per heavy atom. The average molecular weight is 435 g/mol. The van der Waals surface area contributed by atoms with Crippen LogP contribution in [0.4, 0.5) is 0 Å². The normalized spacial score (nSPS) is 16.7. The van der Waals surface area contributed by atoms with Gasteiger partial charge < -0.3 is 5.32 Å². The third-order valence-electron chi connectivity index (χ3n) is 5.59. The van der Waals surface area contributed by atoms with Crippen LogP contribution in [0, 0.1) is 0 Å². The Kier molecular flexibility index (Phi) is 6.66. The van der Waals surface area contributed by atoms with E-state index in [1.807, 2.05) is 12.1 Å². The van der Waals surface area contributed by atoms with Crippen molar-refractivity contribution >= 4 is 27.5 Å². The van der Waals surface area contributed by atoms with Gasteiger partial charge in [-0.25, -0.2) is 8.42 Å². The van der Waals surface area contributed by atoms with E-state index < -0.39 is 10.0 Å². The smallest absolute Gasteiger partial charge is 0.252 e. The maximum absolute atomic E-state index is 12.8. The van der Waals surface area contributed by atoms with Gasteiger partial charge in [0.1, 0.15) is 0 Å². The van der Waals surface area contributed by atoms with Crippen LogP contribution in [0.1, 0.15) is 54.1 Å². The van der Waals surface area contributed by atoms with Gasteiger partial charge in [0, 0.05) is 25.6 Å². The number of fused-ring (bicyclic) bond motifs is 1. The predicted octanol–water partition coefficient (Wildman–Crippen LogP) is 4.22. The molecule has 1 aliphatic rings. The van der Waals surface area contributed by atoms with Crippen molar-refractivity contribution in [2.24, 2.45) is 0 Å². The van der Waals surface area contributed by atoms with E-state index in [1.165, 1.54) is 40.7 Å². The topological polar surface area (TPSA) is 66.5 Å². The number of rotatable bonds is 6. The van der Waals surface area contributed by atoms with Gasteiger partial charge in [0.2, 0.25) is 10.0 Å². The molecule has 0 heterocycles. The minimum Gasteiger partial charge on any atom is -0.351 e. The van der Waals surface area contributed by atoms with Crippen molar-refractivity contribution in [3.63, 3.8) is 0 Å². The number of carbonyl (C=O) groups excluding carboxylic acids is 1. The van der Waals surface area contributed by atoms with E-state index in [4.69, 9.17) is 11.6 Å². The van der Waals surface area contributed by atoms with Gasteiger partial charge in [-0.3, -0.25) is 4.79 Å².